The van der Waals surface area contributed by atoms with E-state index in [1.807, 2.05) is 0 Å². The second kappa shape index (κ2) is 11.5. The van der Waals surface area contributed by atoms with Crippen LogP contribution < -0.4 is 10.9 Å². The molecule has 1 fully saturated rings. The number of piperidine rings is 1. The molecule has 0 aliphatic carbocycles. The lowest BCUT2D eigenvalue weighted by atomic mass is 9.83. The summed E-state index contributed by atoms with van der Waals surface area (Å²) in [6, 6.07) is 2.46. The van der Waals surface area contributed by atoms with Gasteiger partial charge in [0.25, 0.3) is 5.56 Å². The summed E-state index contributed by atoms with van der Waals surface area (Å²) >= 11 is 9.15. The molecule has 244 valence electrons. The van der Waals surface area contributed by atoms with Gasteiger partial charge in [0.15, 0.2) is 12.0 Å². The van der Waals surface area contributed by atoms with Gasteiger partial charge in [-0.05, 0) is 54.4 Å². The topological polar surface area (TPSA) is 160 Å². The normalized spacial score (nSPS) is 22.4. The number of carbonyl (C=O) groups is 1. The number of benzene rings is 1. The molecule has 4 aromatic rings. The molecule has 1 spiro atoms. The summed E-state index contributed by atoms with van der Waals surface area (Å²) in [7, 11) is 0. The minimum absolute atomic E-state index is 0.00512. The molecule has 2 aliphatic heterocycles. The van der Waals surface area contributed by atoms with Crippen molar-refractivity contribution >= 4 is 44.9 Å². The highest BCUT2D eigenvalue weighted by Crippen LogP contribution is 2.50. The van der Waals surface area contributed by atoms with Crippen molar-refractivity contribution in [1.29, 1.82) is 0 Å². The van der Waals surface area contributed by atoms with Crippen LogP contribution in [0.15, 0.2) is 34.1 Å². The van der Waals surface area contributed by atoms with Crippen molar-refractivity contribution < 1.29 is 37.3 Å². The van der Waals surface area contributed by atoms with Crippen molar-refractivity contribution in [2.45, 2.75) is 57.1 Å². The number of carbonyl (C=O) groups excluding carboxylic acids is 1. The quantitative estimate of drug-likeness (QED) is 0.258. The number of aryl methyl sites for hydroxylation is 1. The fourth-order valence-corrected chi connectivity index (χ4v) is 6.52. The summed E-state index contributed by atoms with van der Waals surface area (Å²) in [6.45, 7) is 2.18. The van der Waals surface area contributed by atoms with Crippen LogP contribution in [0.5, 0.6) is 5.75 Å². The zero-order chi connectivity index (χ0) is 33.3. The van der Waals surface area contributed by atoms with Crippen molar-refractivity contribution in [2.24, 2.45) is 0 Å². The Morgan fingerprint density at radius 2 is 2.07 bits per heavy atom. The van der Waals surface area contributed by atoms with E-state index in [9.17, 15) is 33.0 Å². The van der Waals surface area contributed by atoms with E-state index in [0.29, 0.717) is 6.07 Å². The van der Waals surface area contributed by atoms with Gasteiger partial charge in [0.1, 0.15) is 30.3 Å². The number of aromatic nitrogens is 6. The predicted octanol–water partition coefficient (Wildman–Crippen LogP) is 3.79. The maximum absolute atomic E-state index is 16.4. The van der Waals surface area contributed by atoms with Gasteiger partial charge in [-0.3, -0.25) is 14.5 Å². The number of nitrogens with zero attached hydrogens (tertiary/aromatic N) is 7. The lowest BCUT2D eigenvalue weighted by Crippen LogP contribution is -2.54. The number of ether oxygens (including phenoxy) is 1. The van der Waals surface area contributed by atoms with E-state index >= 15 is 4.39 Å². The summed E-state index contributed by atoms with van der Waals surface area (Å²) < 4.78 is 64.0. The Bertz CT molecular complexity index is 1940. The summed E-state index contributed by atoms with van der Waals surface area (Å²) in [4.78, 5) is 40.5. The predicted molar refractivity (Wildman–Crippen MR) is 156 cm³/mol. The second-order valence-electron chi connectivity index (χ2n) is 10.9. The highest BCUT2D eigenvalue weighted by atomic mass is 79.9. The molecule has 5 heterocycles. The van der Waals surface area contributed by atoms with E-state index in [4.69, 9.17) is 16.3 Å². The van der Waals surface area contributed by atoms with Gasteiger partial charge in [0.2, 0.25) is 16.4 Å². The summed E-state index contributed by atoms with van der Waals surface area (Å²) in [5.74, 6) is -1.15. The van der Waals surface area contributed by atoms with Crippen molar-refractivity contribution in [3.63, 3.8) is 0 Å². The van der Waals surface area contributed by atoms with Gasteiger partial charge in [-0.25, -0.2) is 14.4 Å². The number of aromatic hydroxyl groups is 1. The molecule has 13 nitrogen and oxygen atoms in total. The zero-order valence-electron chi connectivity index (χ0n) is 23.9. The molecule has 1 aromatic carbocycles. The first-order valence-corrected chi connectivity index (χ1v) is 14.9. The van der Waals surface area contributed by atoms with Crippen LogP contribution >= 0.6 is 27.5 Å². The van der Waals surface area contributed by atoms with Crippen LogP contribution in [0.25, 0.3) is 5.78 Å². The van der Waals surface area contributed by atoms with Crippen LogP contribution in [-0.4, -0.2) is 69.4 Å². The number of amides is 1. The molecule has 4 unspecified atom stereocenters. The molecule has 3 aromatic heterocycles. The number of hydrogen-bond acceptors (Lipinski definition) is 10. The molecule has 3 N–H and O–H groups in total. The molecular weight excluding hydrogens is 708 g/mol. The molecule has 0 radical (unpaired) electrons. The van der Waals surface area contributed by atoms with Crippen LogP contribution in [0.1, 0.15) is 53.9 Å². The molecule has 6 rings (SSSR count). The van der Waals surface area contributed by atoms with E-state index in [-0.39, 0.29) is 62.6 Å². The molecule has 4 atom stereocenters. The Morgan fingerprint density at radius 3 is 2.74 bits per heavy atom. The van der Waals surface area contributed by atoms with Crippen molar-refractivity contribution in [2.75, 3.05) is 18.4 Å². The number of aliphatic hydroxyl groups is 1. The zero-order valence-corrected chi connectivity index (χ0v) is 26.2. The summed E-state index contributed by atoms with van der Waals surface area (Å²) in [5, 5.41) is 27.5. The van der Waals surface area contributed by atoms with Crippen molar-refractivity contribution in [3.05, 3.63) is 72.8 Å². The Balaban J connectivity index is 1.35. The van der Waals surface area contributed by atoms with Gasteiger partial charge in [-0.2, -0.15) is 22.7 Å². The second-order valence-corrected chi connectivity index (χ2v) is 12.0. The third-order valence-electron chi connectivity index (χ3n) is 8.12. The standard InChI is InChI=1S/C27H24BrClF4N8O5/c1-11-21(43)19(35-10-34-11)23(45)39-6-5-26(16(30)8-39)18-20(12(2)46-26)40(25-37-24(28)38-41(25)22(18)44)9-17(42)36-15-4-3-13(7-14(15)29)27(31,32)33/h3-4,7,10,12,16,23,43,45H,5-6,8-9H2,1-2H3,(H,36,42). The van der Waals surface area contributed by atoms with Crippen molar-refractivity contribution in [1.82, 2.24) is 34.0 Å². The molecule has 2 aliphatic rings. The average molecular weight is 732 g/mol. The van der Waals surface area contributed by atoms with Gasteiger partial charge in [0, 0.05) is 13.1 Å². The number of anilines is 1. The SMILES string of the molecule is Cc1ncnc(C(O)N2CCC3(OC(C)c4c3c(=O)n3nc(Br)nc3n4CC(=O)Nc3ccc(C(F)(F)F)cc3Cl)C(F)C2)c1O. The number of likely N-dealkylation sites (tertiary alicyclic amines) is 1. The van der Waals surface area contributed by atoms with Crippen LogP contribution in [0.2, 0.25) is 5.02 Å². The highest BCUT2D eigenvalue weighted by Gasteiger charge is 2.56. The third kappa shape index (κ3) is 5.30. The molecule has 46 heavy (non-hydrogen) atoms. The molecule has 1 amide bonds. The van der Waals surface area contributed by atoms with E-state index in [1.54, 1.807) is 6.92 Å². The lowest BCUT2D eigenvalue weighted by molar-refractivity contribution is -0.167. The van der Waals surface area contributed by atoms with Crippen LogP contribution in [0.4, 0.5) is 23.2 Å². The maximum Gasteiger partial charge on any atom is 0.416 e. The van der Waals surface area contributed by atoms with E-state index in [2.05, 4.69) is 41.3 Å². The third-order valence-corrected chi connectivity index (χ3v) is 8.77. The van der Waals surface area contributed by atoms with Gasteiger partial charge < -0.3 is 24.8 Å². The van der Waals surface area contributed by atoms with Gasteiger partial charge >= 0.3 is 6.18 Å². The van der Waals surface area contributed by atoms with E-state index in [0.717, 1.165) is 23.0 Å². The van der Waals surface area contributed by atoms with Crippen LogP contribution in [0.3, 0.4) is 0 Å². The van der Waals surface area contributed by atoms with Gasteiger partial charge in [0.05, 0.1) is 39.3 Å². The number of hydrogen-bond donors (Lipinski definition) is 3. The number of fused-ring (bicyclic) bond motifs is 3. The van der Waals surface area contributed by atoms with Crippen LogP contribution in [0, 0.1) is 6.92 Å². The maximum atomic E-state index is 16.4. The first-order valence-electron chi connectivity index (χ1n) is 13.7. The Morgan fingerprint density at radius 1 is 1.33 bits per heavy atom. The molecule has 0 saturated carbocycles. The number of halogens is 6. The Labute approximate surface area is 269 Å². The summed E-state index contributed by atoms with van der Waals surface area (Å²) in [6.07, 6.45) is -7.88. The first kappa shape index (κ1) is 32.2. The summed E-state index contributed by atoms with van der Waals surface area (Å²) in [5.41, 5.74) is -3.42. The number of rotatable bonds is 5. The lowest BCUT2D eigenvalue weighted by Gasteiger charge is -2.43. The minimum Gasteiger partial charge on any atom is -0.504 e. The number of alkyl halides is 4. The monoisotopic (exact) mass is 730 g/mol. The van der Waals surface area contributed by atoms with Crippen LogP contribution in [-0.2, 0) is 27.9 Å². The Hall–Kier alpha value is -3.71. The fraction of sp³-hybridized carbons (Fsp3) is 0.407. The minimum atomic E-state index is -4.64. The Kier molecular flexibility index (Phi) is 8.07. The molecule has 1 saturated heterocycles. The smallest absolute Gasteiger partial charge is 0.416 e. The first-order chi connectivity index (χ1) is 21.6. The fourth-order valence-electron chi connectivity index (χ4n) is 5.98. The van der Waals surface area contributed by atoms with Gasteiger partial charge in [-0.1, -0.05) is 11.6 Å². The average Bonchev–Trinajstić information content (AvgIpc) is 3.52. The van der Waals surface area contributed by atoms with Gasteiger partial charge in [-0.15, -0.1) is 5.10 Å². The highest BCUT2D eigenvalue weighted by molar-refractivity contribution is 9.10. The van der Waals surface area contributed by atoms with E-state index in [1.165, 1.54) is 16.4 Å². The number of nitrogens with one attached hydrogen (secondary N) is 1. The van der Waals surface area contributed by atoms with Crippen molar-refractivity contribution in [3.8, 4) is 5.75 Å². The molecule has 0 bridgehead atoms. The number of aliphatic hydroxyl groups excluding tert-OH is 1. The molecular formula is C27H24BrClF4N8O5. The molecule has 19 heteroatoms. The van der Waals surface area contributed by atoms with E-state index < -0.39 is 60.4 Å². The largest absolute Gasteiger partial charge is 0.504 e.